The number of piperazine rings is 1. The number of ether oxygens (including phenoxy) is 1. The number of aromatic amines is 1. The van der Waals surface area contributed by atoms with Gasteiger partial charge in [-0.2, -0.15) is 19.5 Å². The number of anilines is 3. The highest BCUT2D eigenvalue weighted by Gasteiger charge is 2.21. The maximum atomic E-state index is 14.9. The summed E-state index contributed by atoms with van der Waals surface area (Å²) in [6, 6.07) is 8.20. The number of halogens is 1. The quantitative estimate of drug-likeness (QED) is 0.266. The molecule has 1 aliphatic rings. The fraction of sp³-hybridized carbons (Fsp3) is 0.333. The topological polar surface area (TPSA) is 173 Å². The Bertz CT molecular complexity index is 1660. The molecule has 0 spiro atoms. The summed E-state index contributed by atoms with van der Waals surface area (Å²) in [5, 5.41) is 10.1. The van der Waals surface area contributed by atoms with Crippen molar-refractivity contribution in [2.24, 2.45) is 0 Å². The molecule has 40 heavy (non-hydrogen) atoms. The molecule has 5 aromatic rings. The number of benzene rings is 1. The molecule has 0 aliphatic carbocycles. The number of nitrogens with zero attached hydrogens (tertiary/aromatic N) is 9. The molecular formula is C24H26FN11O4. The van der Waals surface area contributed by atoms with Gasteiger partial charge in [-0.25, -0.2) is 14.3 Å². The molecule has 15 nitrogen and oxygen atoms in total. The van der Waals surface area contributed by atoms with Crippen LogP contribution in [0.25, 0.3) is 17.4 Å². The standard InChI is InChI=1S/C24H26FN11O4/c1-33(22-28-21(26)36-23(29-22)27-20(32-36)18-3-2-12-38-18)6-7-34-8-10-35(11-9-34)17-5-4-15(13-16(17)25)39-14-19-30-31-24(37)40-19/h2-5,12-13H,6-11,14H2,1H3,(H,31,37)(H2,26,27,28,29,32). The molecule has 16 heteroatoms. The largest absolute Gasteiger partial charge is 0.484 e. The molecule has 4 aromatic heterocycles. The first kappa shape index (κ1) is 25.3. The first-order valence-electron chi connectivity index (χ1n) is 12.5. The number of furan rings is 1. The van der Waals surface area contributed by atoms with Crippen LogP contribution in [0.3, 0.4) is 0 Å². The number of nitrogen functional groups attached to an aromatic ring is 1. The molecular weight excluding hydrogens is 525 g/mol. The van der Waals surface area contributed by atoms with Crippen LogP contribution in [0, 0.1) is 5.82 Å². The maximum Gasteiger partial charge on any atom is 0.434 e. The Balaban J connectivity index is 1.01. The predicted octanol–water partition coefficient (Wildman–Crippen LogP) is 1.01. The third kappa shape index (κ3) is 5.28. The van der Waals surface area contributed by atoms with Crippen LogP contribution in [0.5, 0.6) is 5.75 Å². The van der Waals surface area contributed by atoms with Crippen molar-refractivity contribution in [3.63, 3.8) is 0 Å². The number of nitrogens with one attached hydrogen (secondary N) is 1. The van der Waals surface area contributed by atoms with Crippen molar-refractivity contribution in [1.82, 2.24) is 39.7 Å². The summed E-state index contributed by atoms with van der Waals surface area (Å²) in [6.07, 6.45) is 1.55. The molecule has 0 radical (unpaired) electrons. The van der Waals surface area contributed by atoms with Gasteiger partial charge < -0.3 is 29.1 Å². The normalized spacial score (nSPS) is 14.2. The number of hydrogen-bond donors (Lipinski definition) is 2. The Morgan fingerprint density at radius 2 is 2.02 bits per heavy atom. The first-order chi connectivity index (χ1) is 19.4. The highest BCUT2D eigenvalue weighted by atomic mass is 19.1. The van der Waals surface area contributed by atoms with E-state index in [1.807, 2.05) is 16.8 Å². The van der Waals surface area contributed by atoms with Gasteiger partial charge in [0, 0.05) is 52.4 Å². The molecule has 6 rings (SSSR count). The SMILES string of the molecule is CN(CCN1CCN(c2ccc(OCc3n[nH]c(=O)o3)cc2F)CC1)c1nc(N)n2nc(-c3ccco3)nc2n1. The Labute approximate surface area is 226 Å². The van der Waals surface area contributed by atoms with Crippen molar-refractivity contribution in [1.29, 1.82) is 0 Å². The average Bonchev–Trinajstić information content (AvgIpc) is 3.72. The predicted molar refractivity (Wildman–Crippen MR) is 140 cm³/mol. The van der Waals surface area contributed by atoms with E-state index in [2.05, 4.69) is 35.1 Å². The van der Waals surface area contributed by atoms with E-state index in [-0.39, 0.29) is 24.3 Å². The zero-order valence-electron chi connectivity index (χ0n) is 21.5. The number of rotatable bonds is 9. The van der Waals surface area contributed by atoms with Crippen LogP contribution in [0.4, 0.5) is 22.0 Å². The van der Waals surface area contributed by atoms with Crippen LogP contribution in [-0.4, -0.2) is 86.0 Å². The highest BCUT2D eigenvalue weighted by Crippen LogP contribution is 2.26. The minimum Gasteiger partial charge on any atom is -0.484 e. The molecule has 0 atom stereocenters. The molecule has 1 aromatic carbocycles. The number of nitrogens with two attached hydrogens (primary N) is 1. The van der Waals surface area contributed by atoms with E-state index < -0.39 is 5.76 Å². The van der Waals surface area contributed by atoms with Gasteiger partial charge >= 0.3 is 5.76 Å². The lowest BCUT2D eigenvalue weighted by Crippen LogP contribution is -2.48. The summed E-state index contributed by atoms with van der Waals surface area (Å²) in [6.45, 7) is 4.22. The second kappa shape index (κ2) is 10.6. The zero-order valence-corrected chi connectivity index (χ0v) is 21.5. The van der Waals surface area contributed by atoms with Gasteiger partial charge in [-0.1, -0.05) is 0 Å². The molecule has 0 unspecified atom stereocenters. The number of fused-ring (bicyclic) bond motifs is 1. The number of hydrogen-bond acceptors (Lipinski definition) is 13. The van der Waals surface area contributed by atoms with Gasteiger partial charge in [-0.05, 0) is 24.3 Å². The van der Waals surface area contributed by atoms with Crippen LogP contribution >= 0.6 is 0 Å². The van der Waals surface area contributed by atoms with Crippen LogP contribution in [0.1, 0.15) is 5.89 Å². The fourth-order valence-corrected chi connectivity index (χ4v) is 4.38. The Kier molecular flexibility index (Phi) is 6.73. The molecule has 1 fully saturated rings. The first-order valence-corrected chi connectivity index (χ1v) is 12.5. The van der Waals surface area contributed by atoms with Crippen molar-refractivity contribution in [2.45, 2.75) is 6.61 Å². The van der Waals surface area contributed by atoms with Gasteiger partial charge in [0.05, 0.1) is 12.0 Å². The number of likely N-dealkylation sites (N-methyl/N-ethyl adjacent to an activating group) is 1. The maximum absolute atomic E-state index is 14.9. The molecule has 208 valence electrons. The van der Waals surface area contributed by atoms with Crippen molar-refractivity contribution in [3.05, 3.63) is 58.9 Å². The van der Waals surface area contributed by atoms with Crippen LogP contribution in [0.2, 0.25) is 0 Å². The summed E-state index contributed by atoms with van der Waals surface area (Å²) < 4.78 is 31.8. The lowest BCUT2D eigenvalue weighted by Gasteiger charge is -2.36. The number of aromatic nitrogens is 7. The van der Waals surface area contributed by atoms with Gasteiger partial charge in [0.1, 0.15) is 11.6 Å². The van der Waals surface area contributed by atoms with Crippen LogP contribution < -0.4 is 26.0 Å². The molecule has 0 bridgehead atoms. The molecule has 5 heterocycles. The van der Waals surface area contributed by atoms with E-state index in [0.29, 0.717) is 54.4 Å². The lowest BCUT2D eigenvalue weighted by atomic mass is 10.2. The minimum absolute atomic E-state index is 0.0822. The molecule has 0 saturated carbocycles. The van der Waals surface area contributed by atoms with Crippen molar-refractivity contribution >= 4 is 23.4 Å². The molecule has 1 aliphatic heterocycles. The summed E-state index contributed by atoms with van der Waals surface area (Å²) >= 11 is 0. The van der Waals surface area contributed by atoms with E-state index in [0.717, 1.165) is 19.6 Å². The minimum atomic E-state index is -0.669. The third-order valence-electron chi connectivity index (χ3n) is 6.53. The van der Waals surface area contributed by atoms with Crippen molar-refractivity contribution in [2.75, 3.05) is 61.8 Å². The third-order valence-corrected chi connectivity index (χ3v) is 6.53. The smallest absolute Gasteiger partial charge is 0.434 e. The van der Waals surface area contributed by atoms with Gasteiger partial charge in [-0.15, -0.1) is 10.2 Å². The van der Waals surface area contributed by atoms with E-state index >= 15 is 0 Å². The highest BCUT2D eigenvalue weighted by molar-refractivity contribution is 5.53. The van der Waals surface area contributed by atoms with E-state index in [1.165, 1.54) is 10.6 Å². The van der Waals surface area contributed by atoms with E-state index in [1.54, 1.807) is 30.5 Å². The molecule has 3 N–H and O–H groups in total. The fourth-order valence-electron chi connectivity index (χ4n) is 4.38. The van der Waals surface area contributed by atoms with E-state index in [9.17, 15) is 9.18 Å². The van der Waals surface area contributed by atoms with Crippen molar-refractivity contribution in [3.8, 4) is 17.3 Å². The molecule has 0 amide bonds. The number of H-pyrrole nitrogens is 1. The summed E-state index contributed by atoms with van der Waals surface area (Å²) in [7, 11) is 1.89. The van der Waals surface area contributed by atoms with Crippen molar-refractivity contribution < 1.29 is 18.0 Å². The van der Waals surface area contributed by atoms with Gasteiger partial charge in [0.15, 0.2) is 12.4 Å². The van der Waals surface area contributed by atoms with Gasteiger partial charge in [0.25, 0.3) is 11.7 Å². The molecule has 1 saturated heterocycles. The summed E-state index contributed by atoms with van der Waals surface area (Å²) in [5.74, 6) is 1.21. The Hall–Kier alpha value is -4.99. The van der Waals surface area contributed by atoms with Crippen LogP contribution in [-0.2, 0) is 6.61 Å². The van der Waals surface area contributed by atoms with Gasteiger partial charge in [0.2, 0.25) is 17.7 Å². The zero-order chi connectivity index (χ0) is 27.6. The van der Waals surface area contributed by atoms with Crippen LogP contribution in [0.15, 0.2) is 50.2 Å². The Morgan fingerprint density at radius 3 is 2.75 bits per heavy atom. The lowest BCUT2D eigenvalue weighted by molar-refractivity contribution is 0.257. The monoisotopic (exact) mass is 551 g/mol. The second-order valence-corrected chi connectivity index (χ2v) is 9.17. The summed E-state index contributed by atoms with van der Waals surface area (Å²) in [5.41, 5.74) is 6.62. The average molecular weight is 552 g/mol. The second-order valence-electron chi connectivity index (χ2n) is 9.17. The van der Waals surface area contributed by atoms with E-state index in [4.69, 9.17) is 19.3 Å². The summed E-state index contributed by atoms with van der Waals surface area (Å²) in [4.78, 5) is 30.5. The Morgan fingerprint density at radius 1 is 1.18 bits per heavy atom. The van der Waals surface area contributed by atoms with Gasteiger partial charge in [-0.3, -0.25) is 4.90 Å².